The number of hydrazone groups is 1. The van der Waals surface area contributed by atoms with Gasteiger partial charge in [0.1, 0.15) is 0 Å². The Labute approximate surface area is 154 Å². The molecule has 4 rings (SSSR count). The van der Waals surface area contributed by atoms with Gasteiger partial charge in [0.2, 0.25) is 0 Å². The number of hydrogen-bond acceptors (Lipinski definition) is 3. The number of aryl methyl sites for hydroxylation is 1. The fourth-order valence-electron chi connectivity index (χ4n) is 3.58. The van der Waals surface area contributed by atoms with Gasteiger partial charge in [-0.15, -0.1) is 0 Å². The van der Waals surface area contributed by atoms with E-state index >= 15 is 0 Å². The highest BCUT2D eigenvalue weighted by molar-refractivity contribution is 6.32. The van der Waals surface area contributed by atoms with E-state index in [4.69, 9.17) is 0 Å². The largest absolute Gasteiger partial charge is 0.372 e. The Kier molecular flexibility index (Phi) is 4.33. The molecule has 2 aliphatic rings. The van der Waals surface area contributed by atoms with Gasteiger partial charge in [-0.25, -0.2) is 0 Å². The van der Waals surface area contributed by atoms with Crippen molar-refractivity contribution < 1.29 is 4.79 Å². The van der Waals surface area contributed by atoms with Crippen molar-refractivity contribution >= 4 is 29.1 Å². The number of nitrogens with zero attached hydrogens (tertiary/aromatic N) is 3. The zero-order chi connectivity index (χ0) is 18.1. The molecule has 0 radical (unpaired) electrons. The maximum Gasteiger partial charge on any atom is 0.280 e. The van der Waals surface area contributed by atoms with Gasteiger partial charge in [0.25, 0.3) is 5.91 Å². The molecule has 132 valence electrons. The molecular weight excluding hydrogens is 322 g/mol. The molecule has 0 saturated carbocycles. The van der Waals surface area contributed by atoms with Crippen LogP contribution in [0.5, 0.6) is 0 Å². The van der Waals surface area contributed by atoms with Crippen molar-refractivity contribution in [1.82, 2.24) is 0 Å². The van der Waals surface area contributed by atoms with Crippen molar-refractivity contribution in [2.75, 3.05) is 23.0 Å². The molecule has 1 amide bonds. The van der Waals surface area contributed by atoms with Crippen LogP contribution in [0.4, 0.5) is 11.4 Å². The zero-order valence-corrected chi connectivity index (χ0v) is 15.3. The molecule has 2 aromatic rings. The Morgan fingerprint density at radius 1 is 0.962 bits per heavy atom. The average Bonchev–Trinajstić information content (AvgIpc) is 3.28. The lowest BCUT2D eigenvalue weighted by molar-refractivity contribution is -0.114. The van der Waals surface area contributed by atoms with Crippen molar-refractivity contribution in [3.05, 3.63) is 65.2 Å². The van der Waals surface area contributed by atoms with E-state index in [1.54, 1.807) is 0 Å². The fraction of sp³-hybridized carbons (Fsp3) is 0.273. The highest BCUT2D eigenvalue weighted by Gasteiger charge is 2.28. The summed E-state index contributed by atoms with van der Waals surface area (Å²) in [7, 11) is 0. The summed E-state index contributed by atoms with van der Waals surface area (Å²) in [6, 6.07) is 16.0. The Hall–Kier alpha value is -2.88. The van der Waals surface area contributed by atoms with Crippen molar-refractivity contribution in [1.29, 1.82) is 0 Å². The summed E-state index contributed by atoms with van der Waals surface area (Å²) < 4.78 is 0. The first-order chi connectivity index (χ1) is 12.6. The number of rotatable bonds is 3. The van der Waals surface area contributed by atoms with Gasteiger partial charge < -0.3 is 4.90 Å². The van der Waals surface area contributed by atoms with Gasteiger partial charge in [0.15, 0.2) is 0 Å². The Bertz CT molecular complexity index is 893. The summed E-state index contributed by atoms with van der Waals surface area (Å²) in [6.07, 6.45) is 4.50. The number of benzene rings is 2. The minimum Gasteiger partial charge on any atom is -0.372 e. The van der Waals surface area contributed by atoms with Crippen LogP contribution in [0.15, 0.2) is 59.2 Å². The molecule has 2 aromatic carbocycles. The maximum atomic E-state index is 12.8. The first-order valence-corrected chi connectivity index (χ1v) is 9.16. The van der Waals surface area contributed by atoms with Crippen molar-refractivity contribution in [3.8, 4) is 0 Å². The smallest absolute Gasteiger partial charge is 0.280 e. The highest BCUT2D eigenvalue weighted by atomic mass is 16.2. The molecule has 2 aliphatic heterocycles. The zero-order valence-electron chi connectivity index (χ0n) is 15.3. The summed E-state index contributed by atoms with van der Waals surface area (Å²) in [5.41, 5.74) is 5.73. The normalized spacial score (nSPS) is 18.8. The molecule has 0 unspecified atom stereocenters. The number of anilines is 2. The second-order valence-electron chi connectivity index (χ2n) is 6.93. The summed E-state index contributed by atoms with van der Waals surface area (Å²) in [4.78, 5) is 15.3. The van der Waals surface area contributed by atoms with Gasteiger partial charge in [-0.05, 0) is 68.2 Å². The van der Waals surface area contributed by atoms with Crippen LogP contribution in [0.2, 0.25) is 0 Å². The SMILES string of the molecule is CC1=NN(c2ccccc2)C(=O)/C1=C/c1ccc(N2CCCC2)cc1C. The van der Waals surface area contributed by atoms with Crippen LogP contribution < -0.4 is 9.91 Å². The Balaban J connectivity index is 1.62. The van der Waals surface area contributed by atoms with E-state index in [0.29, 0.717) is 5.57 Å². The molecule has 0 aliphatic carbocycles. The fourth-order valence-corrected chi connectivity index (χ4v) is 3.58. The number of hydrogen-bond donors (Lipinski definition) is 0. The van der Waals surface area contributed by atoms with E-state index in [1.165, 1.54) is 29.1 Å². The molecule has 0 spiro atoms. The third-order valence-corrected chi connectivity index (χ3v) is 5.09. The molecule has 0 bridgehead atoms. The molecule has 0 N–H and O–H groups in total. The first kappa shape index (κ1) is 16.6. The van der Waals surface area contributed by atoms with Crippen molar-refractivity contribution in [2.45, 2.75) is 26.7 Å². The van der Waals surface area contributed by atoms with E-state index in [0.717, 1.165) is 30.1 Å². The highest BCUT2D eigenvalue weighted by Crippen LogP contribution is 2.27. The van der Waals surface area contributed by atoms with Crippen molar-refractivity contribution in [3.63, 3.8) is 0 Å². The molecule has 0 atom stereocenters. The van der Waals surface area contributed by atoms with Crippen LogP contribution in [0.3, 0.4) is 0 Å². The van der Waals surface area contributed by atoms with Crippen LogP contribution in [0, 0.1) is 6.92 Å². The Morgan fingerprint density at radius 2 is 1.69 bits per heavy atom. The topological polar surface area (TPSA) is 35.9 Å². The molecule has 2 heterocycles. The van der Waals surface area contributed by atoms with E-state index in [1.807, 2.05) is 43.3 Å². The number of carbonyl (C=O) groups is 1. The van der Waals surface area contributed by atoms with Crippen LogP contribution >= 0.6 is 0 Å². The minimum atomic E-state index is -0.0725. The van der Waals surface area contributed by atoms with Crippen LogP contribution in [-0.2, 0) is 4.79 Å². The first-order valence-electron chi connectivity index (χ1n) is 9.16. The quantitative estimate of drug-likeness (QED) is 0.773. The average molecular weight is 345 g/mol. The monoisotopic (exact) mass is 345 g/mol. The van der Waals surface area contributed by atoms with Gasteiger partial charge in [0.05, 0.1) is 17.0 Å². The van der Waals surface area contributed by atoms with E-state index < -0.39 is 0 Å². The maximum absolute atomic E-state index is 12.8. The van der Waals surface area contributed by atoms with Crippen molar-refractivity contribution in [2.24, 2.45) is 5.10 Å². The molecule has 0 aromatic heterocycles. The standard InChI is InChI=1S/C22H23N3O/c1-16-14-20(24-12-6-7-13-24)11-10-18(16)15-21-17(2)23-25(22(21)26)19-8-4-3-5-9-19/h3-5,8-11,14-15H,6-7,12-13H2,1-2H3/b21-15+. The van der Waals surface area contributed by atoms with Gasteiger partial charge in [0, 0.05) is 18.8 Å². The molecule has 4 heteroatoms. The summed E-state index contributed by atoms with van der Waals surface area (Å²) in [5.74, 6) is -0.0725. The third-order valence-electron chi connectivity index (χ3n) is 5.09. The lowest BCUT2D eigenvalue weighted by atomic mass is 10.0. The molecule has 1 fully saturated rings. The molecule has 4 nitrogen and oxygen atoms in total. The molecular formula is C22H23N3O. The number of amides is 1. The lowest BCUT2D eigenvalue weighted by Gasteiger charge is -2.18. The van der Waals surface area contributed by atoms with E-state index in [2.05, 4.69) is 35.1 Å². The van der Waals surface area contributed by atoms with Crippen LogP contribution in [0.25, 0.3) is 6.08 Å². The number of para-hydroxylation sites is 1. The van der Waals surface area contributed by atoms with Gasteiger partial charge in [-0.2, -0.15) is 10.1 Å². The van der Waals surface area contributed by atoms with Gasteiger partial charge >= 0.3 is 0 Å². The van der Waals surface area contributed by atoms with Crippen LogP contribution in [-0.4, -0.2) is 24.7 Å². The van der Waals surface area contributed by atoms with E-state index in [9.17, 15) is 4.79 Å². The summed E-state index contributed by atoms with van der Waals surface area (Å²) in [6.45, 7) is 6.26. The number of carbonyl (C=O) groups excluding carboxylic acids is 1. The Morgan fingerprint density at radius 3 is 2.38 bits per heavy atom. The predicted molar refractivity (Wildman–Crippen MR) is 108 cm³/mol. The van der Waals surface area contributed by atoms with Crippen LogP contribution in [0.1, 0.15) is 30.9 Å². The summed E-state index contributed by atoms with van der Waals surface area (Å²) >= 11 is 0. The second kappa shape index (κ2) is 6.79. The van der Waals surface area contributed by atoms with Gasteiger partial charge in [-0.3, -0.25) is 4.79 Å². The summed E-state index contributed by atoms with van der Waals surface area (Å²) in [5, 5.41) is 5.93. The minimum absolute atomic E-state index is 0.0725. The van der Waals surface area contributed by atoms with Gasteiger partial charge in [-0.1, -0.05) is 24.3 Å². The molecule has 1 saturated heterocycles. The third kappa shape index (κ3) is 3.03. The molecule has 26 heavy (non-hydrogen) atoms. The van der Waals surface area contributed by atoms with E-state index in [-0.39, 0.29) is 5.91 Å². The second-order valence-corrected chi connectivity index (χ2v) is 6.93. The predicted octanol–water partition coefficient (Wildman–Crippen LogP) is 4.40. The lowest BCUT2D eigenvalue weighted by Crippen LogP contribution is -2.21.